The van der Waals surface area contributed by atoms with Gasteiger partial charge in [-0.05, 0) is 70.9 Å². The molecule has 1 aromatic rings. The van der Waals surface area contributed by atoms with Crippen LogP contribution in [0.25, 0.3) is 0 Å². The van der Waals surface area contributed by atoms with Gasteiger partial charge in [0.15, 0.2) is 6.29 Å². The first-order chi connectivity index (χ1) is 18.5. The summed E-state index contributed by atoms with van der Waals surface area (Å²) in [5.74, 6) is -0.389. The minimum Gasteiger partial charge on any atom is -0.444 e. The van der Waals surface area contributed by atoms with E-state index in [1.54, 1.807) is 18.0 Å². The van der Waals surface area contributed by atoms with Crippen LogP contribution in [0.1, 0.15) is 58.9 Å². The van der Waals surface area contributed by atoms with Gasteiger partial charge in [0.05, 0.1) is 11.1 Å². The van der Waals surface area contributed by atoms with E-state index in [-0.39, 0.29) is 23.1 Å². The van der Waals surface area contributed by atoms with E-state index in [0.717, 1.165) is 31.2 Å². The predicted molar refractivity (Wildman–Crippen MR) is 152 cm³/mol. The van der Waals surface area contributed by atoms with Crippen LogP contribution in [-0.4, -0.2) is 72.8 Å². The highest BCUT2D eigenvalue weighted by molar-refractivity contribution is 6.12. The molecule has 1 aliphatic heterocycles. The second-order valence-electron chi connectivity index (χ2n) is 10.9. The molecular formula is C30H44N4O5. The van der Waals surface area contributed by atoms with E-state index in [2.05, 4.69) is 10.6 Å². The number of nitrogens with one attached hydrogen (secondary N) is 2. The summed E-state index contributed by atoms with van der Waals surface area (Å²) in [6.07, 6.45) is 6.72. The highest BCUT2D eigenvalue weighted by atomic mass is 16.6. The first-order valence-corrected chi connectivity index (χ1v) is 13.7. The first kappa shape index (κ1) is 31.6. The Kier molecular flexibility index (Phi) is 12.7. The first-order valence-electron chi connectivity index (χ1n) is 13.7. The summed E-state index contributed by atoms with van der Waals surface area (Å²) in [5, 5.41) is 5.53. The van der Waals surface area contributed by atoms with Gasteiger partial charge in [-0.1, -0.05) is 30.3 Å². The molecule has 39 heavy (non-hydrogen) atoms. The Labute approximate surface area is 232 Å². The van der Waals surface area contributed by atoms with Gasteiger partial charge in [-0.2, -0.15) is 0 Å². The molecule has 1 fully saturated rings. The molecule has 9 nitrogen and oxygen atoms in total. The number of nitrogens with zero attached hydrogens (tertiary/aromatic N) is 2. The number of likely N-dealkylation sites (tertiary alicyclic amines) is 1. The number of amides is 3. The Hall–Kier alpha value is -3.62. The van der Waals surface area contributed by atoms with Crippen molar-refractivity contribution in [1.82, 2.24) is 20.4 Å². The highest BCUT2D eigenvalue weighted by Gasteiger charge is 2.26. The maximum absolute atomic E-state index is 13.1. The average Bonchev–Trinajstić information content (AvgIpc) is 2.88. The molecule has 0 aliphatic carbocycles. The van der Waals surface area contributed by atoms with E-state index in [0.29, 0.717) is 44.9 Å². The van der Waals surface area contributed by atoms with Crippen molar-refractivity contribution in [1.29, 1.82) is 0 Å². The number of likely N-dealkylation sites (N-methyl/N-ethyl adjacent to an activating group) is 1. The number of ether oxygens (including phenoxy) is 1. The molecule has 0 saturated carbocycles. The van der Waals surface area contributed by atoms with Gasteiger partial charge in [0.1, 0.15) is 5.60 Å². The van der Waals surface area contributed by atoms with Crippen LogP contribution < -0.4 is 10.6 Å². The summed E-state index contributed by atoms with van der Waals surface area (Å²) in [7, 11) is 1.84. The van der Waals surface area contributed by atoms with E-state index in [4.69, 9.17) is 4.74 Å². The normalized spacial score (nSPS) is 14.9. The summed E-state index contributed by atoms with van der Waals surface area (Å²) in [6.45, 7) is 10.1. The van der Waals surface area contributed by atoms with Crippen molar-refractivity contribution in [2.45, 2.75) is 65.5 Å². The smallest absolute Gasteiger partial charge is 0.410 e. The van der Waals surface area contributed by atoms with Crippen molar-refractivity contribution in [2.24, 2.45) is 5.92 Å². The molecule has 1 heterocycles. The molecule has 3 amide bonds. The Morgan fingerprint density at radius 2 is 1.69 bits per heavy atom. The van der Waals surface area contributed by atoms with Crippen molar-refractivity contribution >= 4 is 24.2 Å². The van der Waals surface area contributed by atoms with Crippen LogP contribution >= 0.6 is 0 Å². The third-order valence-electron chi connectivity index (χ3n) is 6.27. The fraction of sp³-hybridized carbons (Fsp3) is 0.533. The van der Waals surface area contributed by atoms with Gasteiger partial charge in [-0.15, -0.1) is 0 Å². The molecule has 0 spiro atoms. The number of benzene rings is 1. The molecule has 1 aromatic carbocycles. The molecule has 0 radical (unpaired) electrons. The summed E-state index contributed by atoms with van der Waals surface area (Å²) in [5.41, 5.74) is 0.685. The lowest BCUT2D eigenvalue weighted by Crippen LogP contribution is -2.41. The fourth-order valence-corrected chi connectivity index (χ4v) is 4.32. The Morgan fingerprint density at radius 3 is 2.28 bits per heavy atom. The lowest BCUT2D eigenvalue weighted by atomic mass is 9.92. The average molecular weight is 541 g/mol. The third kappa shape index (κ3) is 11.8. The van der Waals surface area contributed by atoms with Gasteiger partial charge >= 0.3 is 6.09 Å². The number of rotatable bonds is 12. The van der Waals surface area contributed by atoms with E-state index >= 15 is 0 Å². The SMILES string of the molecule is CCNC(=O)/C(C=O)=C/C(=C\N(C)Cc1ccccc1)C(=O)NCCCC1CCN(C(=O)OC(C)(C)C)CC1. The lowest BCUT2D eigenvalue weighted by Gasteiger charge is -2.33. The van der Waals surface area contributed by atoms with E-state index in [1.807, 2.05) is 63.1 Å². The molecule has 1 saturated heterocycles. The van der Waals surface area contributed by atoms with Gasteiger partial charge in [0.2, 0.25) is 0 Å². The number of piperidine rings is 1. The molecule has 0 unspecified atom stereocenters. The van der Waals surface area contributed by atoms with Gasteiger partial charge in [-0.25, -0.2) is 4.79 Å². The molecular weight excluding hydrogens is 496 g/mol. The molecule has 0 atom stereocenters. The molecule has 2 N–H and O–H groups in total. The Morgan fingerprint density at radius 1 is 1.05 bits per heavy atom. The van der Waals surface area contributed by atoms with Gasteiger partial charge < -0.3 is 25.2 Å². The van der Waals surface area contributed by atoms with Crippen molar-refractivity contribution in [2.75, 3.05) is 33.2 Å². The predicted octanol–water partition coefficient (Wildman–Crippen LogP) is 3.81. The minimum atomic E-state index is -0.519. The van der Waals surface area contributed by atoms with E-state index < -0.39 is 11.5 Å². The molecule has 9 heteroatoms. The quantitative estimate of drug-likeness (QED) is 0.104. The second kappa shape index (κ2) is 15.7. The maximum Gasteiger partial charge on any atom is 0.410 e. The van der Waals surface area contributed by atoms with Crippen LogP contribution in [-0.2, 0) is 25.7 Å². The van der Waals surface area contributed by atoms with Crippen molar-refractivity contribution in [3.8, 4) is 0 Å². The number of carbonyl (C=O) groups is 4. The fourth-order valence-electron chi connectivity index (χ4n) is 4.32. The zero-order valence-electron chi connectivity index (χ0n) is 24.0. The molecule has 0 bridgehead atoms. The maximum atomic E-state index is 13.1. The summed E-state index contributed by atoms with van der Waals surface area (Å²) < 4.78 is 5.46. The van der Waals surface area contributed by atoms with Crippen LogP contribution in [0.3, 0.4) is 0 Å². The summed E-state index contributed by atoms with van der Waals surface area (Å²) in [6, 6.07) is 9.81. The van der Waals surface area contributed by atoms with Crippen LogP contribution in [0.4, 0.5) is 4.79 Å². The van der Waals surface area contributed by atoms with Gasteiger partial charge in [-0.3, -0.25) is 14.4 Å². The van der Waals surface area contributed by atoms with Crippen molar-refractivity contribution in [3.05, 3.63) is 59.3 Å². The lowest BCUT2D eigenvalue weighted by molar-refractivity contribution is -0.119. The second-order valence-corrected chi connectivity index (χ2v) is 10.9. The Balaban J connectivity index is 1.94. The van der Waals surface area contributed by atoms with Crippen molar-refractivity contribution < 1.29 is 23.9 Å². The topological polar surface area (TPSA) is 108 Å². The van der Waals surface area contributed by atoms with Gasteiger partial charge in [0.25, 0.3) is 11.8 Å². The van der Waals surface area contributed by atoms with E-state index in [9.17, 15) is 19.2 Å². The summed E-state index contributed by atoms with van der Waals surface area (Å²) >= 11 is 0. The Bertz CT molecular complexity index is 1020. The van der Waals surface area contributed by atoms with Crippen molar-refractivity contribution in [3.63, 3.8) is 0 Å². The van der Waals surface area contributed by atoms with Crippen LogP contribution in [0.15, 0.2) is 53.8 Å². The van der Waals surface area contributed by atoms with Gasteiger partial charge in [0, 0.05) is 46.0 Å². The monoisotopic (exact) mass is 540 g/mol. The van der Waals surface area contributed by atoms with Crippen LogP contribution in [0.2, 0.25) is 0 Å². The highest BCUT2D eigenvalue weighted by Crippen LogP contribution is 2.23. The number of aldehydes is 1. The number of hydrogen-bond acceptors (Lipinski definition) is 6. The number of carbonyl (C=O) groups excluding carboxylic acids is 4. The molecule has 214 valence electrons. The van der Waals surface area contributed by atoms with Crippen LogP contribution in [0, 0.1) is 5.92 Å². The summed E-state index contributed by atoms with van der Waals surface area (Å²) in [4.78, 5) is 52.8. The zero-order chi connectivity index (χ0) is 28.8. The standard InChI is InChI=1S/C30H44N4O5/c1-6-31-28(37)26(22-35)19-25(21-33(5)20-24-11-8-7-9-12-24)27(36)32-16-10-13-23-14-17-34(18-15-23)29(38)39-30(2,3)4/h7-9,11-12,19,21-23H,6,10,13-18,20H2,1-5H3,(H,31,37)(H,32,36)/b25-21+,26-19+. The molecule has 0 aromatic heterocycles. The molecule has 2 rings (SSSR count). The largest absolute Gasteiger partial charge is 0.444 e. The van der Waals surface area contributed by atoms with E-state index in [1.165, 1.54) is 6.08 Å². The minimum absolute atomic E-state index is 0.108. The van der Waals surface area contributed by atoms with Crippen LogP contribution in [0.5, 0.6) is 0 Å². The molecule has 1 aliphatic rings. The third-order valence-corrected chi connectivity index (χ3v) is 6.27. The number of hydrogen-bond donors (Lipinski definition) is 2. The zero-order valence-corrected chi connectivity index (χ0v) is 24.0.